The van der Waals surface area contributed by atoms with E-state index in [-0.39, 0.29) is 30.3 Å². The normalized spacial score (nSPS) is 15.6. The summed E-state index contributed by atoms with van der Waals surface area (Å²) in [6, 6.07) is 15.7. The number of benzene rings is 2. The fourth-order valence-electron chi connectivity index (χ4n) is 3.27. The number of fused-ring (bicyclic) bond motifs is 1. The van der Waals surface area contributed by atoms with Crippen LogP contribution < -0.4 is 11.1 Å². The number of rotatable bonds is 4. The number of nitrogens with one attached hydrogen (secondary N) is 1. The summed E-state index contributed by atoms with van der Waals surface area (Å²) in [4.78, 5) is 12.6. The lowest BCUT2D eigenvalue weighted by atomic mass is 9.90. The molecule has 1 aliphatic rings. The first-order valence-corrected chi connectivity index (χ1v) is 8.39. The van der Waals surface area contributed by atoms with Crippen LogP contribution in [0, 0.1) is 5.92 Å². The molecular formula is C20H25ClN2O. The lowest BCUT2D eigenvalue weighted by Crippen LogP contribution is -2.31. The van der Waals surface area contributed by atoms with Crippen molar-refractivity contribution in [2.45, 2.75) is 38.6 Å². The van der Waals surface area contributed by atoms with Crippen molar-refractivity contribution in [1.82, 2.24) is 0 Å². The van der Waals surface area contributed by atoms with E-state index in [4.69, 9.17) is 5.73 Å². The molecule has 2 unspecified atom stereocenters. The number of carbonyl (C=O) groups excluding carboxylic acids is 1. The van der Waals surface area contributed by atoms with Crippen molar-refractivity contribution in [2.75, 3.05) is 5.32 Å². The Kier molecular flexibility index (Phi) is 6.41. The molecule has 0 aliphatic heterocycles. The molecule has 3 nitrogen and oxygen atoms in total. The highest BCUT2D eigenvalue weighted by Gasteiger charge is 2.23. The second-order valence-corrected chi connectivity index (χ2v) is 6.36. The zero-order chi connectivity index (χ0) is 16.2. The van der Waals surface area contributed by atoms with Crippen molar-refractivity contribution in [1.29, 1.82) is 0 Å². The highest BCUT2D eigenvalue weighted by atomic mass is 35.5. The summed E-state index contributed by atoms with van der Waals surface area (Å²) in [6.45, 7) is 1.89. The molecule has 0 fully saturated rings. The summed E-state index contributed by atoms with van der Waals surface area (Å²) in [5.41, 5.74) is 10.9. The number of hydrogen-bond acceptors (Lipinski definition) is 2. The number of amides is 1. The summed E-state index contributed by atoms with van der Waals surface area (Å²) in [6.07, 6.45) is 4.59. The van der Waals surface area contributed by atoms with Crippen molar-refractivity contribution in [3.05, 3.63) is 65.2 Å². The largest absolute Gasteiger partial charge is 0.326 e. The van der Waals surface area contributed by atoms with Crippen molar-refractivity contribution < 1.29 is 4.79 Å². The van der Waals surface area contributed by atoms with Gasteiger partial charge in [0.05, 0.1) is 5.92 Å². The molecule has 1 aliphatic carbocycles. The number of halogens is 1. The van der Waals surface area contributed by atoms with Crippen LogP contribution in [0.3, 0.4) is 0 Å². The molecule has 0 bridgehead atoms. The summed E-state index contributed by atoms with van der Waals surface area (Å²) in [7, 11) is 0. The molecule has 3 N–H and O–H groups in total. The third kappa shape index (κ3) is 3.97. The van der Waals surface area contributed by atoms with Crippen LogP contribution in [-0.4, -0.2) is 5.91 Å². The van der Waals surface area contributed by atoms with E-state index in [0.717, 1.165) is 24.1 Å². The average molecular weight is 345 g/mol. The monoisotopic (exact) mass is 344 g/mol. The highest BCUT2D eigenvalue weighted by Crippen LogP contribution is 2.29. The maximum atomic E-state index is 12.6. The molecule has 128 valence electrons. The van der Waals surface area contributed by atoms with Crippen molar-refractivity contribution >= 4 is 24.0 Å². The van der Waals surface area contributed by atoms with Crippen LogP contribution in [0.1, 0.15) is 42.5 Å². The van der Waals surface area contributed by atoms with Gasteiger partial charge in [-0.2, -0.15) is 0 Å². The molecule has 0 spiro atoms. The first kappa shape index (κ1) is 18.5. The predicted molar refractivity (Wildman–Crippen MR) is 101 cm³/mol. The van der Waals surface area contributed by atoms with E-state index >= 15 is 0 Å². The predicted octanol–water partition coefficient (Wildman–Crippen LogP) is 4.26. The number of carbonyl (C=O) groups is 1. The topological polar surface area (TPSA) is 55.1 Å². The summed E-state index contributed by atoms with van der Waals surface area (Å²) >= 11 is 0. The maximum absolute atomic E-state index is 12.6. The van der Waals surface area contributed by atoms with Crippen LogP contribution in [-0.2, 0) is 17.6 Å². The number of anilines is 1. The maximum Gasteiger partial charge on any atom is 0.229 e. The Morgan fingerprint density at radius 3 is 2.50 bits per heavy atom. The molecule has 0 saturated heterocycles. The Bertz CT molecular complexity index is 687. The van der Waals surface area contributed by atoms with Gasteiger partial charge < -0.3 is 11.1 Å². The second-order valence-electron chi connectivity index (χ2n) is 6.36. The molecule has 4 heteroatoms. The lowest BCUT2D eigenvalue weighted by Gasteiger charge is -2.23. The molecule has 0 saturated carbocycles. The molecular weight excluding hydrogens is 320 g/mol. The van der Waals surface area contributed by atoms with Crippen LogP contribution in [0.5, 0.6) is 0 Å². The molecule has 0 radical (unpaired) electrons. The van der Waals surface area contributed by atoms with Crippen LogP contribution in [0.15, 0.2) is 48.5 Å². The highest BCUT2D eigenvalue weighted by molar-refractivity contribution is 5.93. The smallest absolute Gasteiger partial charge is 0.229 e. The molecule has 2 atom stereocenters. The molecule has 3 rings (SSSR count). The quantitative estimate of drug-likeness (QED) is 0.870. The Hall–Kier alpha value is -1.84. The Morgan fingerprint density at radius 2 is 1.75 bits per heavy atom. The van der Waals surface area contributed by atoms with Crippen LogP contribution in [0.4, 0.5) is 5.69 Å². The van der Waals surface area contributed by atoms with E-state index in [2.05, 4.69) is 11.4 Å². The van der Waals surface area contributed by atoms with Gasteiger partial charge in [-0.1, -0.05) is 49.4 Å². The van der Waals surface area contributed by atoms with Gasteiger partial charge in [-0.3, -0.25) is 4.79 Å². The van der Waals surface area contributed by atoms with Crippen LogP contribution in [0.25, 0.3) is 0 Å². The minimum absolute atomic E-state index is 0. The molecule has 2 aromatic carbocycles. The Labute approximate surface area is 150 Å². The van der Waals surface area contributed by atoms with Gasteiger partial charge in [0.2, 0.25) is 5.91 Å². The van der Waals surface area contributed by atoms with E-state index in [0.29, 0.717) is 0 Å². The molecule has 0 heterocycles. The number of hydrogen-bond donors (Lipinski definition) is 2. The van der Waals surface area contributed by atoms with Gasteiger partial charge in [0.15, 0.2) is 0 Å². The fraction of sp³-hybridized carbons (Fsp3) is 0.350. The lowest BCUT2D eigenvalue weighted by molar-refractivity contribution is -0.120. The van der Waals surface area contributed by atoms with E-state index in [9.17, 15) is 4.79 Å². The standard InChI is InChI=1S/C20H24N2O.ClH/c1-14(19(21)16-9-3-2-4-10-16)20(23)22-18-13-7-11-15-8-5-6-12-17(15)18;/h2-4,7,9-11,13-14,19H,5-6,8,12,21H2,1H3,(H,22,23);1H. The van der Waals surface area contributed by atoms with E-state index < -0.39 is 0 Å². The SMILES string of the molecule is CC(C(=O)Nc1cccc2c1CCCC2)C(N)c1ccccc1.Cl. The Morgan fingerprint density at radius 1 is 1.04 bits per heavy atom. The van der Waals surface area contributed by atoms with Gasteiger partial charge in [-0.25, -0.2) is 0 Å². The number of nitrogens with two attached hydrogens (primary N) is 1. The minimum Gasteiger partial charge on any atom is -0.326 e. The van der Waals surface area contributed by atoms with Crippen LogP contribution in [0.2, 0.25) is 0 Å². The number of aryl methyl sites for hydroxylation is 1. The molecule has 1 amide bonds. The van der Waals surface area contributed by atoms with Crippen molar-refractivity contribution in [2.24, 2.45) is 11.7 Å². The van der Waals surface area contributed by atoms with Gasteiger partial charge in [0.1, 0.15) is 0 Å². The zero-order valence-electron chi connectivity index (χ0n) is 14.0. The van der Waals surface area contributed by atoms with E-state index in [1.54, 1.807) is 0 Å². The second kappa shape index (κ2) is 8.32. The molecule has 24 heavy (non-hydrogen) atoms. The van der Waals surface area contributed by atoms with Crippen molar-refractivity contribution in [3.8, 4) is 0 Å². The van der Waals surface area contributed by atoms with Gasteiger partial charge in [-0.15, -0.1) is 12.4 Å². The summed E-state index contributed by atoms with van der Waals surface area (Å²) in [5.74, 6) is -0.294. The average Bonchev–Trinajstić information content (AvgIpc) is 2.61. The molecule has 2 aromatic rings. The summed E-state index contributed by atoms with van der Waals surface area (Å²) in [5, 5.41) is 3.10. The van der Waals surface area contributed by atoms with Crippen molar-refractivity contribution in [3.63, 3.8) is 0 Å². The summed E-state index contributed by atoms with van der Waals surface area (Å²) < 4.78 is 0. The van der Waals surface area contributed by atoms with Gasteiger partial charge in [-0.05, 0) is 48.4 Å². The third-order valence-corrected chi connectivity index (χ3v) is 4.79. The van der Waals surface area contributed by atoms with E-state index in [1.165, 1.54) is 24.0 Å². The van der Waals surface area contributed by atoms with Gasteiger partial charge >= 0.3 is 0 Å². The van der Waals surface area contributed by atoms with E-state index in [1.807, 2.05) is 49.4 Å². The van der Waals surface area contributed by atoms with Gasteiger partial charge in [0.25, 0.3) is 0 Å². The zero-order valence-corrected chi connectivity index (χ0v) is 14.8. The molecule has 0 aromatic heterocycles. The van der Waals surface area contributed by atoms with Gasteiger partial charge in [0, 0.05) is 11.7 Å². The third-order valence-electron chi connectivity index (χ3n) is 4.79. The first-order valence-electron chi connectivity index (χ1n) is 8.39. The first-order chi connectivity index (χ1) is 11.2. The minimum atomic E-state index is -0.296. The Balaban J connectivity index is 0.00000208. The fourth-order valence-corrected chi connectivity index (χ4v) is 3.27. The van der Waals surface area contributed by atoms with Crippen LogP contribution >= 0.6 is 12.4 Å².